The minimum atomic E-state index is -1.13. The first kappa shape index (κ1) is 31.2. The third kappa shape index (κ3) is 8.32. The molecule has 0 aliphatic rings. The van der Waals surface area contributed by atoms with Crippen LogP contribution in [0.1, 0.15) is 58.2 Å². The van der Waals surface area contributed by atoms with Crippen LogP contribution in [-0.4, -0.2) is 52.7 Å². The van der Waals surface area contributed by atoms with Gasteiger partial charge in [-0.1, -0.05) is 68.7 Å². The van der Waals surface area contributed by atoms with E-state index in [1.165, 1.54) is 4.90 Å². The molecule has 0 fully saturated rings. The van der Waals surface area contributed by atoms with Crippen molar-refractivity contribution in [3.8, 4) is 12.3 Å². The first-order valence-electron chi connectivity index (χ1n) is 13.7. The molecule has 3 aromatic rings. The number of hydrogen-bond acceptors (Lipinski definition) is 5. The number of carbonyl (C=O) groups excluding carboxylic acids is 3. The van der Waals surface area contributed by atoms with Crippen LogP contribution in [0, 0.1) is 18.3 Å². The van der Waals surface area contributed by atoms with Crippen LogP contribution in [0.15, 0.2) is 66.7 Å². The number of carbonyl (C=O) groups is 3. The molecule has 0 radical (unpaired) electrons. The van der Waals surface area contributed by atoms with Gasteiger partial charge in [0.2, 0.25) is 5.91 Å². The first-order chi connectivity index (χ1) is 19.5. The lowest BCUT2D eigenvalue weighted by Gasteiger charge is -2.35. The second-order valence-corrected chi connectivity index (χ2v) is 11.0. The topological polar surface area (TPSA) is 108 Å². The van der Waals surface area contributed by atoms with E-state index in [-0.39, 0.29) is 12.5 Å². The van der Waals surface area contributed by atoms with Gasteiger partial charge in [0.05, 0.1) is 6.61 Å². The Hall–Kier alpha value is -4.35. The third-order valence-electron chi connectivity index (χ3n) is 6.75. The van der Waals surface area contributed by atoms with E-state index >= 15 is 0 Å². The molecule has 0 spiro atoms. The Morgan fingerprint density at radius 1 is 1.02 bits per heavy atom. The molecule has 216 valence electrons. The zero-order valence-corrected chi connectivity index (χ0v) is 24.3. The van der Waals surface area contributed by atoms with Crippen LogP contribution in [0.25, 0.3) is 10.8 Å². The van der Waals surface area contributed by atoms with Gasteiger partial charge in [-0.15, -0.1) is 6.42 Å². The van der Waals surface area contributed by atoms with Crippen LogP contribution in [-0.2, 0) is 14.3 Å². The predicted octanol–water partition coefficient (Wildman–Crippen LogP) is 5.26. The van der Waals surface area contributed by atoms with Gasteiger partial charge in [0, 0.05) is 17.8 Å². The van der Waals surface area contributed by atoms with Crippen molar-refractivity contribution in [2.75, 3.05) is 18.5 Å². The average molecular weight is 558 g/mol. The van der Waals surface area contributed by atoms with Gasteiger partial charge >= 0.3 is 6.09 Å². The molecule has 3 unspecified atom stereocenters. The van der Waals surface area contributed by atoms with E-state index in [1.807, 2.05) is 50.2 Å². The van der Waals surface area contributed by atoms with E-state index < -0.39 is 42.2 Å². The summed E-state index contributed by atoms with van der Waals surface area (Å²) in [5.41, 5.74) is 0.912. The van der Waals surface area contributed by atoms with Crippen LogP contribution in [0.3, 0.4) is 0 Å². The highest BCUT2D eigenvalue weighted by molar-refractivity contribution is 6.00. The highest BCUT2D eigenvalue weighted by Gasteiger charge is 2.38. The quantitative estimate of drug-likeness (QED) is 0.295. The zero-order valence-electron chi connectivity index (χ0n) is 24.3. The van der Waals surface area contributed by atoms with Crippen molar-refractivity contribution in [2.45, 2.75) is 58.7 Å². The lowest BCUT2D eigenvalue weighted by molar-refractivity contribution is -0.142. The molecule has 3 rings (SSSR count). The molecule has 0 aliphatic heterocycles. The third-order valence-corrected chi connectivity index (χ3v) is 6.75. The number of fused-ring (bicyclic) bond motifs is 1. The Balaban J connectivity index is 2.03. The van der Waals surface area contributed by atoms with Crippen molar-refractivity contribution < 1.29 is 24.2 Å². The second-order valence-electron chi connectivity index (χ2n) is 11.0. The summed E-state index contributed by atoms with van der Waals surface area (Å²) in [5, 5.41) is 17.6. The lowest BCUT2D eigenvalue weighted by Crippen LogP contribution is -2.55. The van der Waals surface area contributed by atoms with Gasteiger partial charge in [-0.25, -0.2) is 4.79 Å². The number of anilines is 1. The summed E-state index contributed by atoms with van der Waals surface area (Å²) in [7, 11) is 0. The molecule has 8 heteroatoms. The maximum atomic E-state index is 14.1. The highest BCUT2D eigenvalue weighted by Crippen LogP contribution is 2.27. The Morgan fingerprint density at radius 2 is 1.68 bits per heavy atom. The monoisotopic (exact) mass is 557 g/mol. The predicted molar refractivity (Wildman–Crippen MR) is 161 cm³/mol. The zero-order chi connectivity index (χ0) is 30.2. The fraction of sp³-hybridized carbons (Fsp3) is 0.364. The van der Waals surface area contributed by atoms with E-state index in [4.69, 9.17) is 11.2 Å². The minimum Gasteiger partial charge on any atom is -0.444 e. The van der Waals surface area contributed by atoms with Crippen molar-refractivity contribution in [2.24, 2.45) is 5.92 Å². The Kier molecular flexibility index (Phi) is 10.5. The summed E-state index contributed by atoms with van der Waals surface area (Å²) in [4.78, 5) is 42.1. The molecule has 3 aromatic carbocycles. The van der Waals surface area contributed by atoms with Crippen molar-refractivity contribution in [3.63, 3.8) is 0 Å². The number of amides is 3. The highest BCUT2D eigenvalue weighted by atomic mass is 16.6. The van der Waals surface area contributed by atoms with Crippen molar-refractivity contribution in [1.82, 2.24) is 10.2 Å². The summed E-state index contributed by atoms with van der Waals surface area (Å²) in [5.74, 6) is 1.28. The van der Waals surface area contributed by atoms with Gasteiger partial charge < -0.3 is 25.4 Å². The van der Waals surface area contributed by atoms with Crippen molar-refractivity contribution in [3.05, 3.63) is 77.9 Å². The number of hydrogen-bond donors (Lipinski definition) is 3. The standard InChI is InChI=1S/C33H39N3O5/c1-7-22(3)28(35-32(40)41-33(4,5)6)31(39)36(19-20-37)29(25-15-13-23(8-2)14-16-25)30(38)34-27-18-17-24-11-9-10-12-26(24)21-27/h2,9-18,21-22,28-29,37H,7,19-20H2,1,3-6H3,(H,34,38)(H,35,40). The lowest BCUT2D eigenvalue weighted by atomic mass is 9.95. The second kappa shape index (κ2) is 13.8. The maximum Gasteiger partial charge on any atom is 0.408 e. The summed E-state index contributed by atoms with van der Waals surface area (Å²) in [6, 6.07) is 18.0. The summed E-state index contributed by atoms with van der Waals surface area (Å²) < 4.78 is 5.42. The molecule has 0 heterocycles. The number of alkyl carbamates (subject to hydrolysis) is 1. The van der Waals surface area contributed by atoms with E-state index in [2.05, 4.69) is 16.6 Å². The average Bonchev–Trinajstić information content (AvgIpc) is 2.94. The van der Waals surface area contributed by atoms with Crippen LogP contribution in [0.2, 0.25) is 0 Å². The molecule has 0 aromatic heterocycles. The van der Waals surface area contributed by atoms with E-state index in [0.717, 1.165) is 10.8 Å². The molecule has 0 bridgehead atoms. The SMILES string of the molecule is C#Cc1ccc(C(C(=O)Nc2ccc3ccccc3c2)N(CCO)C(=O)C(NC(=O)OC(C)(C)C)C(C)CC)cc1. The molecular formula is C33H39N3O5. The number of nitrogens with one attached hydrogen (secondary N) is 2. The van der Waals surface area contributed by atoms with Crippen LogP contribution < -0.4 is 10.6 Å². The van der Waals surface area contributed by atoms with E-state index in [0.29, 0.717) is 23.2 Å². The molecule has 3 amide bonds. The van der Waals surface area contributed by atoms with Crippen LogP contribution in [0.5, 0.6) is 0 Å². The van der Waals surface area contributed by atoms with E-state index in [1.54, 1.807) is 51.1 Å². The summed E-state index contributed by atoms with van der Waals surface area (Å²) in [6.07, 6.45) is 5.37. The summed E-state index contributed by atoms with van der Waals surface area (Å²) >= 11 is 0. The molecule has 0 aliphatic carbocycles. The molecule has 8 nitrogen and oxygen atoms in total. The molecule has 3 N–H and O–H groups in total. The maximum absolute atomic E-state index is 14.1. The van der Waals surface area contributed by atoms with Gasteiger partial charge in [0.25, 0.3) is 5.91 Å². The minimum absolute atomic E-state index is 0.144. The Morgan fingerprint density at radius 3 is 2.27 bits per heavy atom. The van der Waals surface area contributed by atoms with Gasteiger partial charge in [-0.3, -0.25) is 9.59 Å². The normalized spacial score (nSPS) is 13.4. The summed E-state index contributed by atoms with van der Waals surface area (Å²) in [6.45, 7) is 8.40. The van der Waals surface area contributed by atoms with Crippen LogP contribution >= 0.6 is 0 Å². The fourth-order valence-corrected chi connectivity index (χ4v) is 4.48. The van der Waals surface area contributed by atoms with Crippen LogP contribution in [0.4, 0.5) is 10.5 Å². The number of terminal acetylenes is 1. The molecule has 41 heavy (non-hydrogen) atoms. The number of ether oxygens (including phenoxy) is 1. The van der Waals surface area contributed by atoms with Gasteiger partial charge in [-0.2, -0.15) is 0 Å². The number of aliphatic hydroxyl groups is 1. The number of nitrogens with zero attached hydrogens (tertiary/aromatic N) is 1. The largest absolute Gasteiger partial charge is 0.444 e. The smallest absolute Gasteiger partial charge is 0.408 e. The fourth-order valence-electron chi connectivity index (χ4n) is 4.48. The molecule has 3 atom stereocenters. The molecular weight excluding hydrogens is 518 g/mol. The Labute approximate surface area is 242 Å². The molecule has 0 saturated heterocycles. The number of rotatable bonds is 10. The van der Waals surface area contributed by atoms with Gasteiger partial charge in [0.15, 0.2) is 0 Å². The molecule has 0 saturated carbocycles. The number of aliphatic hydroxyl groups excluding tert-OH is 1. The van der Waals surface area contributed by atoms with E-state index in [9.17, 15) is 19.5 Å². The van der Waals surface area contributed by atoms with Crippen molar-refractivity contribution in [1.29, 1.82) is 0 Å². The van der Waals surface area contributed by atoms with Gasteiger partial charge in [0.1, 0.15) is 17.7 Å². The number of benzene rings is 3. The first-order valence-corrected chi connectivity index (χ1v) is 13.7. The van der Waals surface area contributed by atoms with Crippen molar-refractivity contribution >= 4 is 34.4 Å². The Bertz CT molecular complexity index is 1400. The van der Waals surface area contributed by atoms with Gasteiger partial charge in [-0.05, 0) is 67.3 Å².